The molecule has 0 saturated carbocycles. The van der Waals surface area contributed by atoms with Gasteiger partial charge in [0.2, 0.25) is 0 Å². The highest BCUT2D eigenvalue weighted by Crippen LogP contribution is 2.26. The molecular formula is C24H42BrN3O3. The van der Waals surface area contributed by atoms with Crippen LogP contribution in [-0.2, 0) is 17.9 Å². The minimum Gasteiger partial charge on any atom is -0.425 e. The van der Waals surface area contributed by atoms with E-state index in [4.69, 9.17) is 4.74 Å². The third-order valence-corrected chi connectivity index (χ3v) is 5.97. The summed E-state index contributed by atoms with van der Waals surface area (Å²) in [5.41, 5.74) is 1.75. The molecule has 6 nitrogen and oxygen atoms in total. The third kappa shape index (κ3) is 10.00. The van der Waals surface area contributed by atoms with E-state index in [1.54, 1.807) is 19.9 Å². The zero-order chi connectivity index (χ0) is 23.4. The molecule has 0 aliphatic heterocycles. The van der Waals surface area contributed by atoms with Crippen LogP contribution in [0.4, 0.5) is 0 Å². The molecule has 0 bridgehead atoms. The first-order chi connectivity index (χ1) is 14.7. The molecule has 0 heterocycles. The fourth-order valence-corrected chi connectivity index (χ4v) is 3.41. The number of likely N-dealkylation sites (N-methyl/N-ethyl adjacent to an activating group) is 2. The molecular weight excluding hydrogens is 458 g/mol. The largest absolute Gasteiger partial charge is 0.425 e. The summed E-state index contributed by atoms with van der Waals surface area (Å²) in [6.45, 7) is 20.9. The Morgan fingerprint density at radius 1 is 0.935 bits per heavy atom. The van der Waals surface area contributed by atoms with Gasteiger partial charge in [0, 0.05) is 38.3 Å². The monoisotopic (exact) mass is 499 g/mol. The Morgan fingerprint density at radius 2 is 1.42 bits per heavy atom. The summed E-state index contributed by atoms with van der Waals surface area (Å²) in [6.07, 6.45) is 0. The van der Waals surface area contributed by atoms with Crippen molar-refractivity contribution in [1.82, 2.24) is 14.7 Å². The van der Waals surface area contributed by atoms with E-state index in [1.165, 1.54) is 0 Å². The molecule has 1 aromatic carbocycles. The van der Waals surface area contributed by atoms with Crippen LogP contribution in [0, 0.1) is 0 Å². The van der Waals surface area contributed by atoms with E-state index in [9.17, 15) is 9.90 Å². The zero-order valence-electron chi connectivity index (χ0n) is 20.3. The van der Waals surface area contributed by atoms with Crippen LogP contribution in [0.1, 0.15) is 52.7 Å². The van der Waals surface area contributed by atoms with Gasteiger partial charge in [-0.05, 0) is 57.7 Å². The summed E-state index contributed by atoms with van der Waals surface area (Å²) in [5.74, 6) is 0.230. The standard InChI is InChI=1S/C24H42BrN3O3/c1-7-26(8-2)13-15-28(16-14-27(9-3)10-4)18-21-17-20(19-29)11-12-22(21)31-23(30)24(5,6)25/h11-12,17,29H,7-10,13-16,18-19H2,1-6H3. The molecule has 0 aliphatic rings. The summed E-state index contributed by atoms with van der Waals surface area (Å²) in [7, 11) is 0. The Labute approximate surface area is 197 Å². The number of ether oxygens (including phenoxy) is 1. The molecule has 1 N–H and O–H groups in total. The molecule has 178 valence electrons. The number of carbonyl (C=O) groups is 1. The third-order valence-electron chi connectivity index (χ3n) is 5.64. The van der Waals surface area contributed by atoms with Crippen molar-refractivity contribution in [1.29, 1.82) is 0 Å². The molecule has 0 aliphatic carbocycles. The Morgan fingerprint density at radius 3 is 1.84 bits per heavy atom. The number of aliphatic hydroxyl groups excluding tert-OH is 1. The van der Waals surface area contributed by atoms with Crippen LogP contribution in [-0.4, -0.2) is 82.5 Å². The van der Waals surface area contributed by atoms with E-state index < -0.39 is 4.32 Å². The summed E-state index contributed by atoms with van der Waals surface area (Å²) in [6, 6.07) is 5.56. The van der Waals surface area contributed by atoms with Crippen molar-refractivity contribution in [2.45, 2.75) is 59.0 Å². The van der Waals surface area contributed by atoms with Crippen LogP contribution in [0.3, 0.4) is 0 Å². The highest BCUT2D eigenvalue weighted by atomic mass is 79.9. The lowest BCUT2D eigenvalue weighted by Crippen LogP contribution is -2.39. The SMILES string of the molecule is CCN(CC)CCN(CCN(CC)CC)Cc1cc(CO)ccc1OC(=O)C(C)(C)Br. The van der Waals surface area contributed by atoms with Gasteiger partial charge in [0.25, 0.3) is 0 Å². The number of carbonyl (C=O) groups excluding carboxylic acids is 1. The topological polar surface area (TPSA) is 56.3 Å². The Hall–Kier alpha value is -0.990. The fourth-order valence-electron chi connectivity index (χ4n) is 3.33. The summed E-state index contributed by atoms with van der Waals surface area (Å²) >= 11 is 3.38. The number of hydrogen-bond acceptors (Lipinski definition) is 6. The maximum absolute atomic E-state index is 12.5. The molecule has 0 saturated heterocycles. The van der Waals surface area contributed by atoms with Crippen molar-refractivity contribution in [3.05, 3.63) is 29.3 Å². The molecule has 31 heavy (non-hydrogen) atoms. The number of alkyl halides is 1. The first kappa shape index (κ1) is 28.0. The van der Waals surface area contributed by atoms with Crippen LogP contribution in [0.2, 0.25) is 0 Å². The molecule has 0 amide bonds. The van der Waals surface area contributed by atoms with Crippen molar-refractivity contribution < 1.29 is 14.6 Å². The van der Waals surface area contributed by atoms with Crippen LogP contribution in [0.25, 0.3) is 0 Å². The molecule has 0 radical (unpaired) electrons. The number of halogens is 1. The second-order valence-corrected chi connectivity index (χ2v) is 10.3. The fraction of sp³-hybridized carbons (Fsp3) is 0.708. The van der Waals surface area contributed by atoms with Gasteiger partial charge in [0.05, 0.1) is 6.61 Å². The minimum absolute atomic E-state index is 0.0376. The number of nitrogens with zero attached hydrogens (tertiary/aromatic N) is 3. The van der Waals surface area contributed by atoms with Crippen LogP contribution < -0.4 is 4.74 Å². The van der Waals surface area contributed by atoms with Gasteiger partial charge in [-0.3, -0.25) is 9.69 Å². The quantitative estimate of drug-likeness (QED) is 0.225. The molecule has 7 heteroatoms. The maximum Gasteiger partial charge on any atom is 0.327 e. The molecule has 1 aromatic rings. The van der Waals surface area contributed by atoms with Gasteiger partial charge in [-0.15, -0.1) is 0 Å². The van der Waals surface area contributed by atoms with Gasteiger partial charge < -0.3 is 19.6 Å². The number of hydrogen-bond donors (Lipinski definition) is 1. The highest BCUT2D eigenvalue weighted by Gasteiger charge is 2.27. The Bertz CT molecular complexity index is 640. The summed E-state index contributed by atoms with van der Waals surface area (Å²) in [5, 5.41) is 9.64. The normalized spacial score (nSPS) is 12.2. The summed E-state index contributed by atoms with van der Waals surface area (Å²) < 4.78 is 4.97. The van der Waals surface area contributed by atoms with Gasteiger partial charge in [0.1, 0.15) is 10.1 Å². The lowest BCUT2D eigenvalue weighted by atomic mass is 10.1. The van der Waals surface area contributed by atoms with E-state index in [0.717, 1.165) is 63.5 Å². The average Bonchev–Trinajstić information content (AvgIpc) is 2.75. The van der Waals surface area contributed by atoms with Crippen LogP contribution in [0.5, 0.6) is 5.75 Å². The smallest absolute Gasteiger partial charge is 0.327 e. The number of aliphatic hydroxyl groups is 1. The lowest BCUT2D eigenvalue weighted by molar-refractivity contribution is -0.136. The van der Waals surface area contributed by atoms with E-state index in [1.807, 2.05) is 12.1 Å². The zero-order valence-corrected chi connectivity index (χ0v) is 21.9. The lowest BCUT2D eigenvalue weighted by Gasteiger charge is -2.29. The van der Waals surface area contributed by atoms with Crippen molar-refractivity contribution >= 4 is 21.9 Å². The molecule has 0 unspecified atom stereocenters. The van der Waals surface area contributed by atoms with Gasteiger partial charge in [0.15, 0.2) is 0 Å². The van der Waals surface area contributed by atoms with Gasteiger partial charge in [-0.25, -0.2) is 0 Å². The molecule has 0 fully saturated rings. The number of benzene rings is 1. The van der Waals surface area contributed by atoms with Crippen molar-refractivity contribution in [3.63, 3.8) is 0 Å². The van der Waals surface area contributed by atoms with Gasteiger partial charge >= 0.3 is 5.97 Å². The second kappa shape index (κ2) is 14.2. The number of rotatable bonds is 15. The van der Waals surface area contributed by atoms with Crippen LogP contribution >= 0.6 is 15.9 Å². The predicted octanol–water partition coefficient (Wildman–Crippen LogP) is 3.74. The second-order valence-electron chi connectivity index (χ2n) is 8.29. The summed E-state index contributed by atoms with van der Waals surface area (Å²) in [4.78, 5) is 19.7. The Balaban J connectivity index is 3.08. The molecule has 1 rings (SSSR count). The van der Waals surface area contributed by atoms with Crippen LogP contribution in [0.15, 0.2) is 18.2 Å². The van der Waals surface area contributed by atoms with E-state index in [2.05, 4.69) is 58.3 Å². The minimum atomic E-state index is -0.759. The molecule has 0 spiro atoms. The van der Waals surface area contributed by atoms with Gasteiger partial charge in [-0.1, -0.05) is 49.7 Å². The first-order valence-corrected chi connectivity index (χ1v) is 12.3. The predicted molar refractivity (Wildman–Crippen MR) is 132 cm³/mol. The van der Waals surface area contributed by atoms with E-state index in [-0.39, 0.29) is 12.6 Å². The first-order valence-electron chi connectivity index (χ1n) is 11.5. The van der Waals surface area contributed by atoms with Crippen molar-refractivity contribution in [2.75, 3.05) is 52.4 Å². The Kier molecular flexibility index (Phi) is 12.9. The average molecular weight is 501 g/mol. The molecule has 0 atom stereocenters. The van der Waals surface area contributed by atoms with Crippen molar-refractivity contribution in [2.24, 2.45) is 0 Å². The van der Waals surface area contributed by atoms with E-state index in [0.29, 0.717) is 12.3 Å². The highest BCUT2D eigenvalue weighted by molar-refractivity contribution is 9.10. The van der Waals surface area contributed by atoms with Gasteiger partial charge in [-0.2, -0.15) is 0 Å². The molecule has 0 aromatic heterocycles. The van der Waals surface area contributed by atoms with Crippen molar-refractivity contribution in [3.8, 4) is 5.75 Å². The maximum atomic E-state index is 12.5. The number of esters is 1. The van der Waals surface area contributed by atoms with E-state index >= 15 is 0 Å².